The van der Waals surface area contributed by atoms with Crippen molar-refractivity contribution in [2.45, 2.75) is 6.04 Å². The lowest BCUT2D eigenvalue weighted by molar-refractivity contribution is -0.117. The number of nitrogens with zero attached hydrogens (tertiary/aromatic N) is 1. The zero-order valence-electron chi connectivity index (χ0n) is 10.1. The Hall–Kier alpha value is -1.37. The fourth-order valence-electron chi connectivity index (χ4n) is 1.89. The van der Waals surface area contributed by atoms with E-state index in [0.717, 1.165) is 27.9 Å². The van der Waals surface area contributed by atoms with Crippen molar-refractivity contribution in [3.8, 4) is 10.6 Å². The third-order valence-corrected chi connectivity index (χ3v) is 4.60. The topological polar surface area (TPSA) is 54.0 Å². The number of carbonyl (C=O) groups is 1. The van der Waals surface area contributed by atoms with Gasteiger partial charge in [-0.2, -0.15) is 0 Å². The molecule has 0 bridgehead atoms. The fraction of sp³-hybridized carbons (Fsp3) is 0.231. The monoisotopic (exact) mass is 291 g/mol. The quantitative estimate of drug-likeness (QED) is 0.912. The van der Waals surface area contributed by atoms with Crippen molar-refractivity contribution < 1.29 is 4.79 Å². The summed E-state index contributed by atoms with van der Waals surface area (Å²) in [5.74, 6) is 1.70. The van der Waals surface area contributed by atoms with Crippen molar-refractivity contribution in [3.05, 3.63) is 35.8 Å². The van der Waals surface area contributed by atoms with E-state index in [1.807, 2.05) is 29.6 Å². The molecule has 0 radical (unpaired) electrons. The molecule has 1 aromatic carbocycles. The maximum Gasteiger partial charge on any atom is 0.242 e. The van der Waals surface area contributed by atoms with E-state index in [1.54, 1.807) is 29.3 Å². The summed E-state index contributed by atoms with van der Waals surface area (Å²) < 4.78 is 0. The van der Waals surface area contributed by atoms with Gasteiger partial charge in [0.15, 0.2) is 0 Å². The van der Waals surface area contributed by atoms with E-state index in [2.05, 4.69) is 15.6 Å². The second-order valence-electron chi connectivity index (χ2n) is 4.18. The number of nitrogens with one attached hydrogen (secondary N) is 2. The molecular weight excluding hydrogens is 278 g/mol. The van der Waals surface area contributed by atoms with Gasteiger partial charge < -0.3 is 5.32 Å². The van der Waals surface area contributed by atoms with E-state index >= 15 is 0 Å². The first-order valence-corrected chi connectivity index (χ1v) is 7.98. The summed E-state index contributed by atoms with van der Waals surface area (Å²) in [4.78, 5) is 16.3. The molecule has 19 heavy (non-hydrogen) atoms. The lowest BCUT2D eigenvalue weighted by atomic mass is 10.2. The number of aromatic nitrogens is 1. The molecule has 3 rings (SSSR count). The Morgan fingerprint density at radius 3 is 3.16 bits per heavy atom. The summed E-state index contributed by atoms with van der Waals surface area (Å²) >= 11 is 3.33. The lowest BCUT2D eigenvalue weighted by Gasteiger charge is -2.11. The van der Waals surface area contributed by atoms with Gasteiger partial charge in [-0.1, -0.05) is 12.1 Å². The Labute approximate surface area is 119 Å². The van der Waals surface area contributed by atoms with Gasteiger partial charge in [0.1, 0.15) is 5.01 Å². The Bertz CT molecular complexity index is 565. The second kappa shape index (κ2) is 5.73. The molecule has 0 aliphatic carbocycles. The number of amides is 1. The molecule has 1 aliphatic rings. The molecule has 1 aromatic heterocycles. The third kappa shape index (κ3) is 2.97. The number of hydrogen-bond acceptors (Lipinski definition) is 5. The van der Waals surface area contributed by atoms with Gasteiger partial charge in [-0.15, -0.1) is 23.1 Å². The molecule has 1 atom stereocenters. The SMILES string of the molecule is O=C(Nc1cccc(-c2nccs2)c1)C1CSCN1. The van der Waals surface area contributed by atoms with Gasteiger partial charge in [-0.3, -0.25) is 10.1 Å². The van der Waals surface area contributed by atoms with Crippen LogP contribution in [-0.4, -0.2) is 28.6 Å². The van der Waals surface area contributed by atoms with Gasteiger partial charge in [0.2, 0.25) is 5.91 Å². The second-order valence-corrected chi connectivity index (χ2v) is 6.10. The maximum absolute atomic E-state index is 12.0. The van der Waals surface area contributed by atoms with Gasteiger partial charge in [0.25, 0.3) is 0 Å². The van der Waals surface area contributed by atoms with Crippen LogP contribution in [0.5, 0.6) is 0 Å². The minimum absolute atomic E-state index is 0.0290. The first-order valence-electron chi connectivity index (χ1n) is 5.95. The third-order valence-electron chi connectivity index (χ3n) is 2.84. The summed E-state index contributed by atoms with van der Waals surface area (Å²) in [5, 5.41) is 9.02. The van der Waals surface area contributed by atoms with Crippen molar-refractivity contribution >= 4 is 34.7 Å². The van der Waals surface area contributed by atoms with Crippen molar-refractivity contribution in [2.75, 3.05) is 16.9 Å². The normalized spacial score (nSPS) is 18.4. The average molecular weight is 291 g/mol. The van der Waals surface area contributed by atoms with Crippen LogP contribution in [0, 0.1) is 0 Å². The largest absolute Gasteiger partial charge is 0.325 e. The van der Waals surface area contributed by atoms with Gasteiger partial charge >= 0.3 is 0 Å². The highest BCUT2D eigenvalue weighted by Gasteiger charge is 2.22. The summed E-state index contributed by atoms with van der Waals surface area (Å²) in [6.07, 6.45) is 1.78. The van der Waals surface area contributed by atoms with Crippen LogP contribution in [0.25, 0.3) is 10.6 Å². The molecule has 0 saturated carbocycles. The van der Waals surface area contributed by atoms with Crippen LogP contribution in [0.2, 0.25) is 0 Å². The van der Waals surface area contributed by atoms with Gasteiger partial charge in [-0.05, 0) is 12.1 Å². The van der Waals surface area contributed by atoms with Crippen molar-refractivity contribution in [1.82, 2.24) is 10.3 Å². The van der Waals surface area contributed by atoms with Crippen LogP contribution in [0.3, 0.4) is 0 Å². The summed E-state index contributed by atoms with van der Waals surface area (Å²) in [7, 11) is 0. The van der Waals surface area contributed by atoms with Gasteiger partial charge in [0.05, 0.1) is 6.04 Å². The van der Waals surface area contributed by atoms with E-state index in [1.165, 1.54) is 0 Å². The molecule has 2 N–H and O–H groups in total. The number of hydrogen-bond donors (Lipinski definition) is 2. The molecule has 0 spiro atoms. The molecule has 6 heteroatoms. The van der Waals surface area contributed by atoms with Crippen molar-refractivity contribution in [3.63, 3.8) is 0 Å². The Balaban J connectivity index is 1.74. The minimum Gasteiger partial charge on any atom is -0.325 e. The van der Waals surface area contributed by atoms with Crippen LogP contribution in [0.4, 0.5) is 5.69 Å². The molecular formula is C13H13N3OS2. The standard InChI is InChI=1S/C13H13N3OS2/c17-12(11-7-18-8-15-11)16-10-3-1-2-9(6-10)13-14-4-5-19-13/h1-6,11,15H,7-8H2,(H,16,17). The molecule has 4 nitrogen and oxygen atoms in total. The average Bonchev–Trinajstić information content (AvgIpc) is 3.13. The molecule has 1 aliphatic heterocycles. The molecule has 2 heterocycles. The van der Waals surface area contributed by atoms with E-state index in [9.17, 15) is 4.79 Å². The molecule has 2 aromatic rings. The number of thiazole rings is 1. The van der Waals surface area contributed by atoms with E-state index in [-0.39, 0.29) is 11.9 Å². The predicted octanol–water partition coefficient (Wildman–Crippen LogP) is 2.41. The molecule has 1 fully saturated rings. The Morgan fingerprint density at radius 1 is 1.47 bits per heavy atom. The molecule has 1 saturated heterocycles. The van der Waals surface area contributed by atoms with Crippen molar-refractivity contribution in [2.24, 2.45) is 0 Å². The highest BCUT2D eigenvalue weighted by molar-refractivity contribution is 7.99. The number of carbonyl (C=O) groups excluding carboxylic acids is 1. The van der Waals surface area contributed by atoms with Crippen LogP contribution in [-0.2, 0) is 4.79 Å². The van der Waals surface area contributed by atoms with E-state index < -0.39 is 0 Å². The number of anilines is 1. The number of benzene rings is 1. The van der Waals surface area contributed by atoms with Crippen LogP contribution in [0.15, 0.2) is 35.8 Å². The first-order chi connectivity index (χ1) is 9.33. The zero-order chi connectivity index (χ0) is 13.1. The van der Waals surface area contributed by atoms with Crippen LogP contribution in [0.1, 0.15) is 0 Å². The van der Waals surface area contributed by atoms with Gasteiger partial charge in [-0.25, -0.2) is 4.98 Å². The first kappa shape index (κ1) is 12.7. The minimum atomic E-state index is -0.0893. The van der Waals surface area contributed by atoms with E-state index in [4.69, 9.17) is 0 Å². The number of thioether (sulfide) groups is 1. The lowest BCUT2D eigenvalue weighted by Crippen LogP contribution is -2.37. The molecule has 98 valence electrons. The molecule has 1 unspecified atom stereocenters. The highest BCUT2D eigenvalue weighted by Crippen LogP contribution is 2.24. The highest BCUT2D eigenvalue weighted by atomic mass is 32.2. The van der Waals surface area contributed by atoms with Crippen LogP contribution < -0.4 is 10.6 Å². The summed E-state index contributed by atoms with van der Waals surface area (Å²) in [6.45, 7) is 0. The van der Waals surface area contributed by atoms with E-state index in [0.29, 0.717) is 0 Å². The zero-order valence-corrected chi connectivity index (χ0v) is 11.8. The predicted molar refractivity (Wildman–Crippen MR) is 80.4 cm³/mol. The van der Waals surface area contributed by atoms with Crippen LogP contribution >= 0.6 is 23.1 Å². The number of rotatable bonds is 3. The summed E-state index contributed by atoms with van der Waals surface area (Å²) in [6, 6.07) is 7.70. The molecule has 1 amide bonds. The Morgan fingerprint density at radius 2 is 2.42 bits per heavy atom. The fourth-order valence-corrected chi connectivity index (χ4v) is 3.47. The Kier molecular flexibility index (Phi) is 3.82. The smallest absolute Gasteiger partial charge is 0.242 e. The van der Waals surface area contributed by atoms with Gasteiger partial charge in [0, 0.05) is 34.5 Å². The summed E-state index contributed by atoms with van der Waals surface area (Å²) in [5.41, 5.74) is 1.85. The van der Waals surface area contributed by atoms with Crippen molar-refractivity contribution in [1.29, 1.82) is 0 Å². The maximum atomic E-state index is 12.0.